The van der Waals surface area contributed by atoms with Gasteiger partial charge in [0, 0.05) is 44.9 Å². The molecule has 1 aliphatic heterocycles. The monoisotopic (exact) mass is 389 g/mol. The van der Waals surface area contributed by atoms with Crippen LogP contribution in [0.15, 0.2) is 35.0 Å². The number of aromatic nitrogens is 3. The van der Waals surface area contributed by atoms with Crippen molar-refractivity contribution in [3.05, 3.63) is 45.6 Å². The zero-order chi connectivity index (χ0) is 18.1. The number of pyridine rings is 1. The van der Waals surface area contributed by atoms with Crippen LogP contribution in [0.1, 0.15) is 15.6 Å². The number of amides is 1. The first-order valence-electron chi connectivity index (χ1n) is 8.16. The summed E-state index contributed by atoms with van der Waals surface area (Å²) in [6.07, 6.45) is 1.74. The maximum absolute atomic E-state index is 12.5. The van der Waals surface area contributed by atoms with E-state index >= 15 is 0 Å². The molecule has 0 aromatic carbocycles. The molecule has 0 N–H and O–H groups in total. The zero-order valence-corrected chi connectivity index (χ0v) is 15.6. The number of carbonyl (C=O) groups is 1. The van der Waals surface area contributed by atoms with E-state index in [2.05, 4.69) is 20.0 Å². The predicted octanol–water partition coefficient (Wildman–Crippen LogP) is 3.12. The SMILES string of the molecule is Cc1nc(-c2ccc(N3CCN(C(=O)c4ccc(Cl)s4)CC3)nc2)no1. The van der Waals surface area contributed by atoms with Gasteiger partial charge in [0.15, 0.2) is 0 Å². The van der Waals surface area contributed by atoms with Crippen LogP contribution in [0.4, 0.5) is 5.82 Å². The minimum atomic E-state index is 0.0392. The fourth-order valence-corrected chi connectivity index (χ4v) is 3.86. The highest BCUT2D eigenvalue weighted by atomic mass is 35.5. The molecule has 1 amide bonds. The van der Waals surface area contributed by atoms with Crippen LogP contribution >= 0.6 is 22.9 Å². The van der Waals surface area contributed by atoms with Crippen LogP contribution in [-0.4, -0.2) is 52.1 Å². The van der Waals surface area contributed by atoms with Crippen molar-refractivity contribution < 1.29 is 9.32 Å². The number of aryl methyl sites for hydroxylation is 1. The van der Waals surface area contributed by atoms with Crippen molar-refractivity contribution >= 4 is 34.7 Å². The molecule has 0 atom stereocenters. The van der Waals surface area contributed by atoms with Gasteiger partial charge in [-0.15, -0.1) is 11.3 Å². The van der Waals surface area contributed by atoms with E-state index in [9.17, 15) is 4.79 Å². The molecular formula is C17H16ClN5O2S. The van der Waals surface area contributed by atoms with E-state index in [-0.39, 0.29) is 5.91 Å². The minimum Gasteiger partial charge on any atom is -0.353 e. The molecule has 0 aliphatic carbocycles. The van der Waals surface area contributed by atoms with Crippen LogP contribution in [0, 0.1) is 6.92 Å². The first-order chi connectivity index (χ1) is 12.6. The van der Waals surface area contributed by atoms with Crippen molar-refractivity contribution in [3.8, 4) is 11.4 Å². The van der Waals surface area contributed by atoms with Crippen LogP contribution in [0.5, 0.6) is 0 Å². The fourth-order valence-electron chi connectivity index (χ4n) is 2.85. The van der Waals surface area contributed by atoms with Gasteiger partial charge in [-0.05, 0) is 24.3 Å². The molecule has 4 rings (SSSR count). The molecular weight excluding hydrogens is 374 g/mol. The normalized spacial score (nSPS) is 14.7. The van der Waals surface area contributed by atoms with Crippen molar-refractivity contribution in [3.63, 3.8) is 0 Å². The average Bonchev–Trinajstić information content (AvgIpc) is 3.30. The van der Waals surface area contributed by atoms with Crippen molar-refractivity contribution in [2.45, 2.75) is 6.92 Å². The Hall–Kier alpha value is -2.45. The van der Waals surface area contributed by atoms with Crippen molar-refractivity contribution in [1.82, 2.24) is 20.0 Å². The molecule has 1 saturated heterocycles. The summed E-state index contributed by atoms with van der Waals surface area (Å²) in [4.78, 5) is 25.9. The second-order valence-electron chi connectivity index (χ2n) is 5.93. The van der Waals surface area contributed by atoms with Crippen molar-refractivity contribution in [2.24, 2.45) is 0 Å². The molecule has 134 valence electrons. The Balaban J connectivity index is 1.39. The van der Waals surface area contributed by atoms with Gasteiger partial charge in [0.2, 0.25) is 11.7 Å². The largest absolute Gasteiger partial charge is 0.353 e. The van der Waals surface area contributed by atoms with Gasteiger partial charge in [-0.25, -0.2) is 4.98 Å². The number of nitrogens with zero attached hydrogens (tertiary/aromatic N) is 5. The summed E-state index contributed by atoms with van der Waals surface area (Å²) in [6.45, 7) is 4.53. The molecule has 0 unspecified atom stereocenters. The van der Waals surface area contributed by atoms with Gasteiger partial charge >= 0.3 is 0 Å². The third-order valence-corrected chi connectivity index (χ3v) is 5.43. The average molecular weight is 390 g/mol. The smallest absolute Gasteiger partial charge is 0.264 e. The lowest BCUT2D eigenvalue weighted by Gasteiger charge is -2.35. The third-order valence-electron chi connectivity index (χ3n) is 4.21. The molecule has 0 spiro atoms. The lowest BCUT2D eigenvalue weighted by Crippen LogP contribution is -2.48. The van der Waals surface area contributed by atoms with Gasteiger partial charge < -0.3 is 14.3 Å². The quantitative estimate of drug-likeness (QED) is 0.685. The molecule has 3 aromatic rings. The highest BCUT2D eigenvalue weighted by molar-refractivity contribution is 7.17. The molecule has 0 radical (unpaired) electrons. The highest BCUT2D eigenvalue weighted by Crippen LogP contribution is 2.24. The molecule has 7 nitrogen and oxygen atoms in total. The Morgan fingerprint density at radius 1 is 1.19 bits per heavy atom. The molecule has 1 aliphatic rings. The molecule has 3 aromatic heterocycles. The number of hydrogen-bond donors (Lipinski definition) is 0. The summed E-state index contributed by atoms with van der Waals surface area (Å²) in [5.74, 6) is 1.97. The standard InChI is InChI=1S/C17H16ClN5O2S/c1-11-20-16(21-25-11)12-2-5-15(19-10-12)22-6-8-23(9-7-22)17(24)13-3-4-14(18)26-13/h2-5,10H,6-9H2,1H3. The fraction of sp³-hybridized carbons (Fsp3) is 0.294. The van der Waals surface area contributed by atoms with Crippen LogP contribution in [0.25, 0.3) is 11.4 Å². The Kier molecular flexibility index (Phi) is 4.60. The molecule has 9 heteroatoms. The third kappa shape index (κ3) is 3.42. The molecule has 26 heavy (non-hydrogen) atoms. The first kappa shape index (κ1) is 17.0. The number of carbonyl (C=O) groups excluding carboxylic acids is 1. The van der Waals surface area contributed by atoms with Crippen LogP contribution in [-0.2, 0) is 0 Å². The lowest BCUT2D eigenvalue weighted by molar-refractivity contribution is 0.0751. The summed E-state index contributed by atoms with van der Waals surface area (Å²) in [7, 11) is 0. The molecule has 0 saturated carbocycles. The van der Waals surface area contributed by atoms with Gasteiger partial charge in [-0.3, -0.25) is 4.79 Å². The van der Waals surface area contributed by atoms with E-state index in [1.54, 1.807) is 25.3 Å². The first-order valence-corrected chi connectivity index (χ1v) is 9.36. The van der Waals surface area contributed by atoms with E-state index in [1.807, 2.05) is 17.0 Å². The van der Waals surface area contributed by atoms with E-state index < -0.39 is 0 Å². The Bertz CT molecular complexity index is 915. The molecule has 4 heterocycles. The highest BCUT2D eigenvalue weighted by Gasteiger charge is 2.24. The topological polar surface area (TPSA) is 75.4 Å². The summed E-state index contributed by atoms with van der Waals surface area (Å²) >= 11 is 7.24. The van der Waals surface area contributed by atoms with Gasteiger partial charge in [-0.1, -0.05) is 16.8 Å². The number of halogens is 1. The van der Waals surface area contributed by atoms with Gasteiger partial charge in [0.1, 0.15) is 5.82 Å². The number of hydrogen-bond acceptors (Lipinski definition) is 7. The summed E-state index contributed by atoms with van der Waals surface area (Å²) in [6, 6.07) is 7.41. The van der Waals surface area contributed by atoms with Crippen LogP contribution in [0.2, 0.25) is 4.34 Å². The lowest BCUT2D eigenvalue weighted by atomic mass is 10.2. The van der Waals surface area contributed by atoms with Gasteiger partial charge in [0.25, 0.3) is 5.91 Å². The minimum absolute atomic E-state index is 0.0392. The van der Waals surface area contributed by atoms with E-state index in [1.165, 1.54) is 11.3 Å². The second-order valence-corrected chi connectivity index (χ2v) is 7.64. The molecule has 1 fully saturated rings. The predicted molar refractivity (Wildman–Crippen MR) is 99.7 cm³/mol. The number of thiophene rings is 1. The Labute approximate surface area is 159 Å². The van der Waals surface area contributed by atoms with Crippen molar-refractivity contribution in [2.75, 3.05) is 31.1 Å². The summed E-state index contributed by atoms with van der Waals surface area (Å²) in [5.41, 5.74) is 0.814. The summed E-state index contributed by atoms with van der Waals surface area (Å²) < 4.78 is 5.63. The Morgan fingerprint density at radius 2 is 2.00 bits per heavy atom. The molecule has 0 bridgehead atoms. The number of piperazine rings is 1. The number of rotatable bonds is 3. The maximum Gasteiger partial charge on any atom is 0.264 e. The van der Waals surface area contributed by atoms with E-state index in [0.717, 1.165) is 24.5 Å². The zero-order valence-electron chi connectivity index (χ0n) is 14.1. The van der Waals surface area contributed by atoms with Gasteiger partial charge in [-0.2, -0.15) is 4.98 Å². The summed E-state index contributed by atoms with van der Waals surface area (Å²) in [5, 5.41) is 3.90. The second kappa shape index (κ2) is 7.05. The van der Waals surface area contributed by atoms with Crippen molar-refractivity contribution in [1.29, 1.82) is 0 Å². The maximum atomic E-state index is 12.5. The van der Waals surface area contributed by atoms with Crippen LogP contribution < -0.4 is 4.90 Å². The Morgan fingerprint density at radius 3 is 2.58 bits per heavy atom. The van der Waals surface area contributed by atoms with Gasteiger partial charge in [0.05, 0.1) is 9.21 Å². The van der Waals surface area contributed by atoms with E-state index in [0.29, 0.717) is 34.0 Å². The number of anilines is 1. The van der Waals surface area contributed by atoms with Crippen LogP contribution in [0.3, 0.4) is 0 Å². The van der Waals surface area contributed by atoms with E-state index in [4.69, 9.17) is 16.1 Å².